The number of aryl methyl sites for hydroxylation is 1. The van der Waals surface area contributed by atoms with E-state index in [9.17, 15) is 4.79 Å². The summed E-state index contributed by atoms with van der Waals surface area (Å²) < 4.78 is 5.42. The number of ether oxygens (including phenoxy) is 1. The Hall–Kier alpha value is -1.35. The zero-order chi connectivity index (χ0) is 13.4. The Morgan fingerprint density at radius 2 is 2.22 bits per heavy atom. The molecule has 1 atom stereocenters. The number of carbonyl (C=O) groups is 1. The van der Waals surface area contributed by atoms with Crippen molar-refractivity contribution in [2.24, 2.45) is 0 Å². The highest BCUT2D eigenvalue weighted by Crippen LogP contribution is 2.16. The Morgan fingerprint density at radius 3 is 2.83 bits per heavy atom. The van der Waals surface area contributed by atoms with E-state index in [2.05, 4.69) is 5.32 Å². The van der Waals surface area contributed by atoms with Crippen LogP contribution in [0, 0.1) is 6.92 Å². The van der Waals surface area contributed by atoms with E-state index in [4.69, 9.17) is 4.74 Å². The first-order valence-corrected chi connectivity index (χ1v) is 6.72. The fourth-order valence-corrected chi connectivity index (χ4v) is 1.95. The highest BCUT2D eigenvalue weighted by Gasteiger charge is 2.18. The molecule has 1 aromatic carbocycles. The van der Waals surface area contributed by atoms with Crippen LogP contribution in [0.5, 0.6) is 0 Å². The van der Waals surface area contributed by atoms with Gasteiger partial charge in [0, 0.05) is 12.3 Å². The summed E-state index contributed by atoms with van der Waals surface area (Å²) >= 11 is 0. The van der Waals surface area contributed by atoms with Crippen LogP contribution in [0.4, 0.5) is 5.69 Å². The number of nitrogens with one attached hydrogen (secondary N) is 1. The van der Waals surface area contributed by atoms with Crippen LogP contribution in [0.2, 0.25) is 0 Å². The summed E-state index contributed by atoms with van der Waals surface area (Å²) in [4.78, 5) is 11.7. The van der Waals surface area contributed by atoms with Crippen molar-refractivity contribution < 1.29 is 9.53 Å². The number of carbonyl (C=O) groups excluding carboxylic acids is 1. The van der Waals surface area contributed by atoms with Crippen molar-refractivity contribution in [2.45, 2.75) is 46.1 Å². The number of hydrogen-bond donors (Lipinski definition) is 1. The zero-order valence-electron chi connectivity index (χ0n) is 11.5. The lowest BCUT2D eigenvalue weighted by molar-refractivity contribution is -0.118. The molecule has 1 aromatic rings. The lowest BCUT2D eigenvalue weighted by Gasteiger charge is -2.10. The molecule has 2 rings (SSSR count). The molecule has 3 heteroatoms. The maximum Gasteiger partial charge on any atom is 0.226 e. The molecular formula is C15H23NO2. The minimum Gasteiger partial charge on any atom is -0.378 e. The Balaban J connectivity index is 0.000000771. The van der Waals surface area contributed by atoms with Gasteiger partial charge in [-0.3, -0.25) is 4.79 Å². The van der Waals surface area contributed by atoms with E-state index in [-0.39, 0.29) is 12.0 Å². The smallest absolute Gasteiger partial charge is 0.226 e. The minimum atomic E-state index is 0.0394. The fraction of sp³-hybridized carbons (Fsp3) is 0.533. The van der Waals surface area contributed by atoms with Crippen LogP contribution in [-0.2, 0) is 9.53 Å². The molecule has 0 aliphatic carbocycles. The van der Waals surface area contributed by atoms with Crippen LogP contribution in [0.1, 0.15) is 38.7 Å². The maximum atomic E-state index is 11.7. The zero-order valence-corrected chi connectivity index (χ0v) is 11.5. The SMILES string of the molecule is CC.Cc1cccc(NC(=O)CC2CCCO2)c1. The van der Waals surface area contributed by atoms with E-state index < -0.39 is 0 Å². The van der Waals surface area contributed by atoms with Gasteiger partial charge in [-0.2, -0.15) is 0 Å². The van der Waals surface area contributed by atoms with E-state index in [0.717, 1.165) is 30.7 Å². The second-order valence-electron chi connectivity index (χ2n) is 4.26. The molecule has 0 radical (unpaired) electrons. The second kappa shape index (κ2) is 7.88. The van der Waals surface area contributed by atoms with Gasteiger partial charge >= 0.3 is 0 Å². The third kappa shape index (κ3) is 4.88. The molecule has 1 fully saturated rings. The molecule has 1 amide bonds. The van der Waals surface area contributed by atoms with Crippen molar-refractivity contribution in [1.29, 1.82) is 0 Å². The average Bonchev–Trinajstić information content (AvgIpc) is 2.84. The van der Waals surface area contributed by atoms with Gasteiger partial charge < -0.3 is 10.1 Å². The number of anilines is 1. The summed E-state index contributed by atoms with van der Waals surface area (Å²) in [5.41, 5.74) is 2.01. The minimum absolute atomic E-state index is 0.0394. The molecule has 18 heavy (non-hydrogen) atoms. The molecule has 1 saturated heterocycles. The van der Waals surface area contributed by atoms with E-state index >= 15 is 0 Å². The van der Waals surface area contributed by atoms with Crippen LogP contribution in [-0.4, -0.2) is 18.6 Å². The van der Waals surface area contributed by atoms with Gasteiger partial charge in [-0.1, -0.05) is 26.0 Å². The predicted octanol–water partition coefficient (Wildman–Crippen LogP) is 3.53. The molecule has 1 heterocycles. The van der Waals surface area contributed by atoms with Crippen LogP contribution in [0.25, 0.3) is 0 Å². The first kappa shape index (κ1) is 14.7. The summed E-state index contributed by atoms with van der Waals surface area (Å²) in [6.07, 6.45) is 2.65. The lowest BCUT2D eigenvalue weighted by Crippen LogP contribution is -2.19. The number of rotatable bonds is 3. The Bertz CT molecular complexity index is 371. The molecule has 1 aliphatic heterocycles. The molecule has 0 saturated carbocycles. The molecule has 0 bridgehead atoms. The highest BCUT2D eigenvalue weighted by atomic mass is 16.5. The van der Waals surface area contributed by atoms with Crippen molar-refractivity contribution in [3.63, 3.8) is 0 Å². The first-order valence-electron chi connectivity index (χ1n) is 6.72. The largest absolute Gasteiger partial charge is 0.378 e. The van der Waals surface area contributed by atoms with Gasteiger partial charge in [0.2, 0.25) is 5.91 Å². The monoisotopic (exact) mass is 249 g/mol. The van der Waals surface area contributed by atoms with E-state index in [1.165, 1.54) is 0 Å². The Morgan fingerprint density at radius 1 is 1.44 bits per heavy atom. The van der Waals surface area contributed by atoms with Gasteiger partial charge in [0.25, 0.3) is 0 Å². The van der Waals surface area contributed by atoms with Crippen LogP contribution in [0.15, 0.2) is 24.3 Å². The van der Waals surface area contributed by atoms with E-state index in [1.54, 1.807) is 0 Å². The molecule has 3 nitrogen and oxygen atoms in total. The molecule has 1 unspecified atom stereocenters. The van der Waals surface area contributed by atoms with Gasteiger partial charge in [0.15, 0.2) is 0 Å². The lowest BCUT2D eigenvalue weighted by atomic mass is 10.1. The van der Waals surface area contributed by atoms with Crippen LogP contribution >= 0.6 is 0 Å². The molecule has 0 spiro atoms. The normalized spacial score (nSPS) is 17.8. The van der Waals surface area contributed by atoms with E-state index in [0.29, 0.717) is 6.42 Å². The fourth-order valence-electron chi connectivity index (χ4n) is 1.95. The van der Waals surface area contributed by atoms with Crippen molar-refractivity contribution >= 4 is 11.6 Å². The van der Waals surface area contributed by atoms with E-state index in [1.807, 2.05) is 45.0 Å². The molecule has 1 N–H and O–H groups in total. The third-order valence-corrected chi connectivity index (χ3v) is 2.74. The van der Waals surface area contributed by atoms with Crippen molar-refractivity contribution in [1.82, 2.24) is 0 Å². The van der Waals surface area contributed by atoms with Crippen molar-refractivity contribution in [3.8, 4) is 0 Å². The summed E-state index contributed by atoms with van der Waals surface area (Å²) in [6, 6.07) is 7.82. The van der Waals surface area contributed by atoms with Crippen molar-refractivity contribution in [2.75, 3.05) is 11.9 Å². The van der Waals surface area contributed by atoms with Gasteiger partial charge in [-0.05, 0) is 37.5 Å². The Labute approximate surface area is 110 Å². The summed E-state index contributed by atoms with van der Waals surface area (Å²) in [5.74, 6) is 0.0394. The standard InChI is InChI=1S/C13H17NO2.C2H6/c1-10-4-2-5-11(8-10)14-13(15)9-12-6-3-7-16-12;1-2/h2,4-5,8,12H,3,6-7,9H2,1H3,(H,14,15);1-2H3. The van der Waals surface area contributed by atoms with Crippen LogP contribution in [0.3, 0.4) is 0 Å². The first-order chi connectivity index (χ1) is 8.74. The molecule has 1 aliphatic rings. The van der Waals surface area contributed by atoms with Crippen LogP contribution < -0.4 is 5.32 Å². The van der Waals surface area contributed by atoms with Gasteiger partial charge in [0.05, 0.1) is 12.5 Å². The number of amides is 1. The summed E-state index contributed by atoms with van der Waals surface area (Å²) in [7, 11) is 0. The third-order valence-electron chi connectivity index (χ3n) is 2.74. The number of benzene rings is 1. The van der Waals surface area contributed by atoms with Gasteiger partial charge in [-0.25, -0.2) is 0 Å². The molecule has 100 valence electrons. The average molecular weight is 249 g/mol. The second-order valence-corrected chi connectivity index (χ2v) is 4.26. The number of hydrogen-bond acceptors (Lipinski definition) is 2. The molecular weight excluding hydrogens is 226 g/mol. The molecule has 0 aromatic heterocycles. The maximum absolute atomic E-state index is 11.7. The van der Waals surface area contributed by atoms with Gasteiger partial charge in [0.1, 0.15) is 0 Å². The predicted molar refractivity (Wildman–Crippen MR) is 74.7 cm³/mol. The topological polar surface area (TPSA) is 38.3 Å². The van der Waals surface area contributed by atoms with Gasteiger partial charge in [-0.15, -0.1) is 0 Å². The highest BCUT2D eigenvalue weighted by molar-refractivity contribution is 5.91. The summed E-state index contributed by atoms with van der Waals surface area (Å²) in [6.45, 7) is 6.80. The van der Waals surface area contributed by atoms with Crippen molar-refractivity contribution in [3.05, 3.63) is 29.8 Å². The Kier molecular flexibility index (Phi) is 6.44. The summed E-state index contributed by atoms with van der Waals surface area (Å²) in [5, 5.41) is 2.89. The quantitative estimate of drug-likeness (QED) is 0.890.